The van der Waals surface area contributed by atoms with Crippen LogP contribution >= 0.6 is 0 Å². The van der Waals surface area contributed by atoms with Crippen LogP contribution in [0.25, 0.3) is 0 Å². The molecule has 0 bridgehead atoms. The molecular weight excluding hydrogens is 340 g/mol. The van der Waals surface area contributed by atoms with Crippen LogP contribution in [0.5, 0.6) is 0 Å². The van der Waals surface area contributed by atoms with E-state index in [1.807, 2.05) is 18.2 Å². The number of benzene rings is 1. The maximum Gasteiger partial charge on any atom is 0.276 e. The molecule has 1 aliphatic rings. The summed E-state index contributed by atoms with van der Waals surface area (Å²) in [5, 5.41) is 13.8. The number of anilines is 2. The van der Waals surface area contributed by atoms with Crippen LogP contribution in [0.2, 0.25) is 0 Å². The van der Waals surface area contributed by atoms with Crippen LogP contribution < -0.4 is 10.6 Å². The van der Waals surface area contributed by atoms with Crippen LogP contribution in [0.3, 0.4) is 0 Å². The summed E-state index contributed by atoms with van der Waals surface area (Å²) in [5.41, 5.74) is 0.707. The number of carbonyl (C=O) groups excluding carboxylic acids is 1. The van der Waals surface area contributed by atoms with Gasteiger partial charge in [0.1, 0.15) is 15.7 Å². The van der Waals surface area contributed by atoms with E-state index in [0.29, 0.717) is 18.1 Å². The Kier molecular flexibility index (Phi) is 4.71. The molecule has 0 unspecified atom stereocenters. The lowest BCUT2D eigenvalue weighted by Crippen LogP contribution is -2.24. The first-order chi connectivity index (χ1) is 11.9. The van der Waals surface area contributed by atoms with Crippen molar-refractivity contribution in [2.24, 2.45) is 5.41 Å². The summed E-state index contributed by atoms with van der Waals surface area (Å²) < 4.78 is 22.9. The second-order valence-corrected chi connectivity index (χ2v) is 8.69. The molecule has 8 heteroatoms. The van der Waals surface area contributed by atoms with Crippen LogP contribution in [-0.4, -0.2) is 43.1 Å². The molecule has 1 aliphatic carbocycles. The number of hydrogen-bond acceptors (Lipinski definition) is 6. The number of amides is 1. The highest BCUT2D eigenvalue weighted by Gasteiger charge is 2.45. The molecule has 0 radical (unpaired) electrons. The van der Waals surface area contributed by atoms with Crippen molar-refractivity contribution < 1.29 is 13.2 Å². The molecule has 1 heterocycles. The Morgan fingerprint density at radius 2 is 1.84 bits per heavy atom. The molecule has 2 aromatic rings. The van der Waals surface area contributed by atoms with E-state index >= 15 is 0 Å². The van der Waals surface area contributed by atoms with Crippen LogP contribution in [0.4, 0.5) is 11.5 Å². The summed E-state index contributed by atoms with van der Waals surface area (Å²) in [4.78, 5) is 12.1. The maximum absolute atomic E-state index is 12.1. The molecule has 7 nitrogen and oxygen atoms in total. The molecule has 0 saturated heterocycles. The Morgan fingerprint density at radius 1 is 1.12 bits per heavy atom. The quantitative estimate of drug-likeness (QED) is 0.783. The molecule has 1 saturated carbocycles. The normalized spacial score (nSPS) is 15.4. The number of rotatable bonds is 7. The van der Waals surface area contributed by atoms with Gasteiger partial charge in [0.2, 0.25) is 0 Å². The fourth-order valence-electron chi connectivity index (χ4n) is 2.65. The molecule has 2 N–H and O–H groups in total. The standard InChI is InChI=1S/C17H20N4O3S/c1-25(23,24)12-17(9-10-17)11-18-15-8-7-14(20-21-15)16(22)19-13-5-3-2-4-6-13/h2-8H,9-12H2,1H3,(H,18,21)(H,19,22). The lowest BCUT2D eigenvalue weighted by molar-refractivity contribution is 0.102. The summed E-state index contributed by atoms with van der Waals surface area (Å²) in [5.74, 6) is 0.370. The van der Waals surface area contributed by atoms with Gasteiger partial charge in [-0.1, -0.05) is 18.2 Å². The monoisotopic (exact) mass is 360 g/mol. The van der Waals surface area contributed by atoms with Crippen molar-refractivity contribution in [3.8, 4) is 0 Å². The minimum absolute atomic E-state index is 0.179. The largest absolute Gasteiger partial charge is 0.368 e. The van der Waals surface area contributed by atoms with Crippen LogP contribution in [0.1, 0.15) is 23.3 Å². The number of carbonyl (C=O) groups is 1. The highest BCUT2D eigenvalue weighted by Crippen LogP contribution is 2.46. The van der Waals surface area contributed by atoms with Gasteiger partial charge >= 0.3 is 0 Å². The zero-order valence-electron chi connectivity index (χ0n) is 13.9. The van der Waals surface area contributed by atoms with E-state index in [0.717, 1.165) is 12.8 Å². The van der Waals surface area contributed by atoms with Gasteiger partial charge in [-0.3, -0.25) is 4.79 Å². The third kappa shape index (κ3) is 4.99. The van der Waals surface area contributed by atoms with E-state index in [1.54, 1.807) is 24.3 Å². The average molecular weight is 360 g/mol. The minimum Gasteiger partial charge on any atom is -0.368 e. The van der Waals surface area contributed by atoms with E-state index in [-0.39, 0.29) is 22.8 Å². The number of nitrogens with one attached hydrogen (secondary N) is 2. The molecule has 3 rings (SSSR count). The van der Waals surface area contributed by atoms with Crippen molar-refractivity contribution in [1.82, 2.24) is 10.2 Å². The SMILES string of the molecule is CS(=O)(=O)CC1(CNc2ccc(C(=O)Nc3ccccc3)nn2)CC1. The molecule has 0 aliphatic heterocycles. The van der Waals surface area contributed by atoms with Gasteiger partial charge in [0.05, 0.1) is 5.75 Å². The van der Waals surface area contributed by atoms with Crippen molar-refractivity contribution in [3.05, 3.63) is 48.2 Å². The van der Waals surface area contributed by atoms with Gasteiger partial charge in [-0.15, -0.1) is 10.2 Å². The van der Waals surface area contributed by atoms with E-state index < -0.39 is 9.84 Å². The predicted octanol–water partition coefficient (Wildman–Crippen LogP) is 1.97. The van der Waals surface area contributed by atoms with E-state index in [1.165, 1.54) is 6.26 Å². The van der Waals surface area contributed by atoms with Gasteiger partial charge in [0, 0.05) is 23.9 Å². The molecule has 0 atom stereocenters. The fraction of sp³-hybridized carbons (Fsp3) is 0.353. The first-order valence-corrected chi connectivity index (χ1v) is 10.0. The third-order valence-electron chi connectivity index (χ3n) is 4.10. The molecule has 1 fully saturated rings. The fourth-order valence-corrected chi connectivity index (χ4v) is 4.15. The molecule has 1 aromatic carbocycles. The van der Waals surface area contributed by atoms with E-state index in [2.05, 4.69) is 20.8 Å². The number of hydrogen-bond donors (Lipinski definition) is 2. The lowest BCUT2D eigenvalue weighted by Gasteiger charge is -2.15. The second-order valence-electron chi connectivity index (χ2n) is 6.55. The number of para-hydroxylation sites is 1. The first-order valence-electron chi connectivity index (χ1n) is 7.97. The molecular formula is C17H20N4O3S. The Labute approximate surface area is 146 Å². The van der Waals surface area contributed by atoms with Gasteiger partial charge in [-0.2, -0.15) is 0 Å². The molecule has 1 aromatic heterocycles. The summed E-state index contributed by atoms with van der Waals surface area (Å²) in [6.45, 7) is 0.532. The van der Waals surface area contributed by atoms with Crippen molar-refractivity contribution in [1.29, 1.82) is 0 Å². The van der Waals surface area contributed by atoms with Gasteiger partial charge in [0.25, 0.3) is 5.91 Å². The Balaban J connectivity index is 1.56. The molecule has 1 amide bonds. The van der Waals surface area contributed by atoms with Crippen molar-refractivity contribution in [3.63, 3.8) is 0 Å². The average Bonchev–Trinajstić information content (AvgIpc) is 3.32. The predicted molar refractivity (Wildman–Crippen MR) is 96.3 cm³/mol. The number of sulfone groups is 1. The Hall–Kier alpha value is -2.48. The number of nitrogens with zero attached hydrogens (tertiary/aromatic N) is 2. The van der Waals surface area contributed by atoms with Crippen LogP contribution in [0, 0.1) is 5.41 Å². The molecule has 132 valence electrons. The third-order valence-corrected chi connectivity index (χ3v) is 5.24. The minimum atomic E-state index is -3.00. The highest BCUT2D eigenvalue weighted by molar-refractivity contribution is 7.90. The van der Waals surface area contributed by atoms with Gasteiger partial charge in [0.15, 0.2) is 5.69 Å². The van der Waals surface area contributed by atoms with E-state index in [9.17, 15) is 13.2 Å². The lowest BCUT2D eigenvalue weighted by atomic mass is 10.1. The topological polar surface area (TPSA) is 101 Å². The summed E-state index contributed by atoms with van der Waals surface area (Å²) >= 11 is 0. The van der Waals surface area contributed by atoms with Gasteiger partial charge < -0.3 is 10.6 Å². The highest BCUT2D eigenvalue weighted by atomic mass is 32.2. The zero-order valence-corrected chi connectivity index (χ0v) is 14.7. The second kappa shape index (κ2) is 6.79. The summed E-state index contributed by atoms with van der Waals surface area (Å²) in [6.07, 6.45) is 3.03. The summed E-state index contributed by atoms with van der Waals surface area (Å²) in [6, 6.07) is 12.4. The Morgan fingerprint density at radius 3 is 2.40 bits per heavy atom. The van der Waals surface area contributed by atoms with Crippen molar-refractivity contribution in [2.45, 2.75) is 12.8 Å². The van der Waals surface area contributed by atoms with Gasteiger partial charge in [-0.05, 0) is 37.1 Å². The molecule has 25 heavy (non-hydrogen) atoms. The van der Waals surface area contributed by atoms with Gasteiger partial charge in [-0.25, -0.2) is 8.42 Å². The zero-order chi connectivity index (χ0) is 17.9. The van der Waals surface area contributed by atoms with Crippen molar-refractivity contribution in [2.75, 3.05) is 29.2 Å². The smallest absolute Gasteiger partial charge is 0.276 e. The summed E-state index contributed by atoms with van der Waals surface area (Å²) in [7, 11) is -3.00. The maximum atomic E-state index is 12.1. The Bertz CT molecular complexity index is 847. The van der Waals surface area contributed by atoms with Crippen LogP contribution in [0.15, 0.2) is 42.5 Å². The van der Waals surface area contributed by atoms with Crippen molar-refractivity contribution >= 4 is 27.2 Å². The van der Waals surface area contributed by atoms with E-state index in [4.69, 9.17) is 0 Å². The van der Waals surface area contributed by atoms with Crippen LogP contribution in [-0.2, 0) is 9.84 Å². The number of aromatic nitrogens is 2. The molecule has 0 spiro atoms. The first kappa shape index (κ1) is 17.3.